The molecule has 0 heterocycles. The van der Waals surface area contributed by atoms with E-state index in [0.717, 1.165) is 5.56 Å². The van der Waals surface area contributed by atoms with Gasteiger partial charge >= 0.3 is 0 Å². The number of amidine groups is 1. The molecule has 0 aliphatic carbocycles. The molecule has 6 nitrogen and oxygen atoms in total. The summed E-state index contributed by atoms with van der Waals surface area (Å²) in [5.41, 5.74) is 8.18. The molecule has 1 rings (SSSR count). The van der Waals surface area contributed by atoms with Crippen molar-refractivity contribution in [1.29, 1.82) is 0 Å². The van der Waals surface area contributed by atoms with Crippen LogP contribution in [0.25, 0.3) is 0 Å². The molecule has 6 N–H and O–H groups in total. The molecule has 0 saturated carbocycles. The van der Waals surface area contributed by atoms with Crippen molar-refractivity contribution in [2.45, 2.75) is 27.4 Å². The minimum Gasteiger partial charge on any atom is -0.394 e. The van der Waals surface area contributed by atoms with E-state index in [1.54, 1.807) is 0 Å². The average Bonchev–Trinajstić information content (AvgIpc) is 2.60. The Balaban J connectivity index is 0. The van der Waals surface area contributed by atoms with Gasteiger partial charge < -0.3 is 21.0 Å². The van der Waals surface area contributed by atoms with Gasteiger partial charge in [-0.3, -0.25) is 4.99 Å². The van der Waals surface area contributed by atoms with Gasteiger partial charge in [-0.15, -0.1) is 0 Å². The number of benzene rings is 1. The summed E-state index contributed by atoms with van der Waals surface area (Å²) in [7, 11) is 1.50. The Hall–Kier alpha value is -1.47. The van der Waals surface area contributed by atoms with E-state index in [1.165, 1.54) is 7.05 Å². The van der Waals surface area contributed by atoms with E-state index >= 15 is 0 Å². The highest BCUT2D eigenvalue weighted by atomic mass is 16.5. The molecule has 0 amide bonds. The predicted molar refractivity (Wildman–Crippen MR) is 93.4 cm³/mol. The van der Waals surface area contributed by atoms with Gasteiger partial charge in [-0.05, 0) is 12.6 Å². The zero-order chi connectivity index (χ0) is 17.2. The lowest BCUT2D eigenvalue weighted by Gasteiger charge is -2.14. The maximum absolute atomic E-state index is 8.71. The molecule has 0 aliphatic heterocycles. The fourth-order valence-corrected chi connectivity index (χ4v) is 1.52. The molecule has 1 atom stereocenters. The fraction of sp³-hybridized carbons (Fsp3) is 0.562. The van der Waals surface area contributed by atoms with Crippen LogP contribution in [-0.2, 0) is 11.3 Å². The number of nitrogens with one attached hydrogen (secondary N) is 1. The molecule has 0 bridgehead atoms. The van der Waals surface area contributed by atoms with Gasteiger partial charge in [0.15, 0.2) is 0 Å². The second-order valence-corrected chi connectivity index (χ2v) is 4.04. The number of aliphatic hydroxyl groups is 1. The third-order valence-corrected chi connectivity index (χ3v) is 2.48. The summed E-state index contributed by atoms with van der Waals surface area (Å²) in [5.74, 6) is 6.10. The highest BCUT2D eigenvalue weighted by Crippen LogP contribution is 2.04. The summed E-state index contributed by atoms with van der Waals surface area (Å²) in [6.45, 7) is 7.44. The van der Waals surface area contributed by atoms with Crippen LogP contribution in [0.4, 0.5) is 0 Å². The standard InChI is InChI=1S/C13H21N3O2.C2H6.CH5N/c1-11(13(16-14)15-7-8-17)9-18-10-12-5-3-2-4-6-12;2*1-2/h2-6,11,17H,7-10,14H2,1H3,(H,15,16);1-2H3;2H2,1H3/t11-;;/m1../s1. The molecule has 0 spiro atoms. The first-order valence-electron chi connectivity index (χ1n) is 7.59. The van der Waals surface area contributed by atoms with Crippen LogP contribution in [0.3, 0.4) is 0 Å². The van der Waals surface area contributed by atoms with Crippen molar-refractivity contribution < 1.29 is 9.84 Å². The highest BCUT2D eigenvalue weighted by Gasteiger charge is 2.09. The molecule has 0 unspecified atom stereocenters. The molecule has 6 heteroatoms. The van der Waals surface area contributed by atoms with Gasteiger partial charge in [0.25, 0.3) is 0 Å². The highest BCUT2D eigenvalue weighted by molar-refractivity contribution is 5.83. The summed E-state index contributed by atoms with van der Waals surface area (Å²) in [6, 6.07) is 9.98. The maximum atomic E-state index is 8.71. The van der Waals surface area contributed by atoms with Gasteiger partial charge in [-0.2, -0.15) is 0 Å². The third kappa shape index (κ3) is 11.2. The van der Waals surface area contributed by atoms with Crippen molar-refractivity contribution in [3.63, 3.8) is 0 Å². The Labute approximate surface area is 134 Å². The first-order chi connectivity index (χ1) is 10.8. The monoisotopic (exact) mass is 312 g/mol. The van der Waals surface area contributed by atoms with E-state index in [2.05, 4.69) is 16.2 Å². The Morgan fingerprint density at radius 2 is 1.86 bits per heavy atom. The first-order valence-corrected chi connectivity index (χ1v) is 7.59. The molecule has 1 aromatic rings. The largest absolute Gasteiger partial charge is 0.394 e. The van der Waals surface area contributed by atoms with Gasteiger partial charge in [-0.25, -0.2) is 5.84 Å². The molecule has 128 valence electrons. The molecule has 0 radical (unpaired) electrons. The van der Waals surface area contributed by atoms with Crippen molar-refractivity contribution in [1.82, 2.24) is 5.43 Å². The van der Waals surface area contributed by atoms with Crippen LogP contribution >= 0.6 is 0 Å². The normalized spacial score (nSPS) is 11.5. The van der Waals surface area contributed by atoms with E-state index in [1.807, 2.05) is 51.1 Å². The van der Waals surface area contributed by atoms with Gasteiger partial charge in [0.1, 0.15) is 5.84 Å². The summed E-state index contributed by atoms with van der Waals surface area (Å²) >= 11 is 0. The fourth-order valence-electron chi connectivity index (χ4n) is 1.52. The molecule has 22 heavy (non-hydrogen) atoms. The Morgan fingerprint density at radius 3 is 2.36 bits per heavy atom. The number of hydrogen-bond donors (Lipinski definition) is 4. The zero-order valence-electron chi connectivity index (χ0n) is 14.2. The molecule has 0 fully saturated rings. The number of rotatable bonds is 7. The van der Waals surface area contributed by atoms with Gasteiger partial charge in [0.2, 0.25) is 0 Å². The van der Waals surface area contributed by atoms with Crippen molar-refractivity contribution in [2.75, 3.05) is 26.8 Å². The topological polar surface area (TPSA) is 106 Å². The van der Waals surface area contributed by atoms with Gasteiger partial charge in [-0.1, -0.05) is 51.1 Å². The number of ether oxygens (including phenoxy) is 1. The number of hydrogen-bond acceptors (Lipinski definition) is 5. The Morgan fingerprint density at radius 1 is 1.27 bits per heavy atom. The number of hydrazine groups is 1. The number of aliphatic hydroxyl groups excluding tert-OH is 1. The predicted octanol–water partition coefficient (Wildman–Crippen LogP) is 1.29. The summed E-state index contributed by atoms with van der Waals surface area (Å²) in [6.07, 6.45) is 0. The third-order valence-electron chi connectivity index (χ3n) is 2.48. The van der Waals surface area contributed by atoms with Crippen molar-refractivity contribution in [3.8, 4) is 0 Å². The average molecular weight is 312 g/mol. The molecule has 0 aromatic heterocycles. The smallest absolute Gasteiger partial charge is 0.116 e. The maximum Gasteiger partial charge on any atom is 0.116 e. The minimum absolute atomic E-state index is 0.0166. The zero-order valence-corrected chi connectivity index (χ0v) is 14.2. The second-order valence-electron chi connectivity index (χ2n) is 4.04. The van der Waals surface area contributed by atoms with Crippen LogP contribution in [0.5, 0.6) is 0 Å². The number of aliphatic imine (C=N–C) groups is 1. The SMILES string of the molecule is CC.CN.C[C@H](COCc1ccccc1)C(=NCCO)NN. The van der Waals surface area contributed by atoms with Crippen molar-refractivity contribution in [2.24, 2.45) is 22.5 Å². The van der Waals surface area contributed by atoms with Crippen LogP contribution in [-0.4, -0.2) is 37.7 Å². The van der Waals surface area contributed by atoms with Gasteiger partial charge in [0, 0.05) is 5.92 Å². The van der Waals surface area contributed by atoms with E-state index in [9.17, 15) is 0 Å². The van der Waals surface area contributed by atoms with Crippen LogP contribution in [0.2, 0.25) is 0 Å². The minimum atomic E-state index is 0.0166. The van der Waals surface area contributed by atoms with Crippen LogP contribution in [0.15, 0.2) is 35.3 Å². The van der Waals surface area contributed by atoms with E-state index in [-0.39, 0.29) is 12.5 Å². The van der Waals surface area contributed by atoms with Crippen LogP contribution < -0.4 is 17.0 Å². The second kappa shape index (κ2) is 17.6. The molecular formula is C16H32N4O2. The lowest BCUT2D eigenvalue weighted by atomic mass is 10.2. The van der Waals surface area contributed by atoms with Gasteiger partial charge in [0.05, 0.1) is 26.4 Å². The van der Waals surface area contributed by atoms with E-state index < -0.39 is 0 Å². The molecule has 0 aliphatic rings. The summed E-state index contributed by atoms with van der Waals surface area (Å²) in [5, 5.41) is 8.71. The van der Waals surface area contributed by atoms with Crippen molar-refractivity contribution in [3.05, 3.63) is 35.9 Å². The lowest BCUT2D eigenvalue weighted by molar-refractivity contribution is 0.107. The van der Waals surface area contributed by atoms with E-state index in [4.69, 9.17) is 15.7 Å². The van der Waals surface area contributed by atoms with Crippen LogP contribution in [0.1, 0.15) is 26.3 Å². The molecule has 0 saturated heterocycles. The lowest BCUT2D eigenvalue weighted by Crippen LogP contribution is -2.37. The number of nitrogens with zero attached hydrogens (tertiary/aromatic N) is 1. The molecular weight excluding hydrogens is 280 g/mol. The Kier molecular flexibility index (Phi) is 18.2. The van der Waals surface area contributed by atoms with E-state index in [0.29, 0.717) is 25.6 Å². The summed E-state index contributed by atoms with van der Waals surface area (Å²) < 4.78 is 5.61. The number of nitrogens with two attached hydrogens (primary N) is 2. The Bertz CT molecular complexity index is 358. The quantitative estimate of drug-likeness (QED) is 0.263. The van der Waals surface area contributed by atoms with Crippen molar-refractivity contribution >= 4 is 5.84 Å². The first kappa shape index (κ1) is 22.8. The molecule has 1 aromatic carbocycles. The summed E-state index contributed by atoms with van der Waals surface area (Å²) in [4.78, 5) is 4.14. The van der Waals surface area contributed by atoms with Crippen LogP contribution in [0, 0.1) is 5.92 Å².